The highest BCUT2D eigenvalue weighted by Crippen LogP contribution is 2.47. The SMILES string of the molecule is CC(=O)N1c2ccccc2NC2=C(C(=O)C[C@@H](c3ccccc3F)C2)[C@H]1c1ccc(C)cc1. The fourth-order valence-electron chi connectivity index (χ4n) is 5.03. The van der Waals surface area contributed by atoms with Crippen LogP contribution in [-0.2, 0) is 9.59 Å². The number of allylic oxidation sites excluding steroid dienone is 1. The molecule has 1 heterocycles. The summed E-state index contributed by atoms with van der Waals surface area (Å²) in [4.78, 5) is 28.4. The number of hydrogen-bond donors (Lipinski definition) is 1. The number of anilines is 2. The van der Waals surface area contributed by atoms with Crippen molar-refractivity contribution in [2.75, 3.05) is 10.2 Å². The fourth-order valence-corrected chi connectivity index (χ4v) is 5.03. The van der Waals surface area contributed by atoms with Crippen molar-refractivity contribution < 1.29 is 14.0 Å². The molecule has 166 valence electrons. The molecule has 1 N–H and O–H groups in total. The molecule has 0 saturated carbocycles. The standard InChI is InChI=1S/C28H25FN2O2/c1-17-11-13-19(14-12-17)28-27-24(30-23-9-5-6-10-25(23)31(28)18(2)32)15-20(16-26(27)33)21-7-3-4-8-22(21)29/h3-14,20,28,30H,15-16H2,1-2H3/t20-,28+/m0/s1. The molecule has 3 aromatic rings. The Kier molecular flexibility index (Phi) is 5.33. The Bertz CT molecular complexity index is 1280. The summed E-state index contributed by atoms with van der Waals surface area (Å²) < 4.78 is 14.6. The van der Waals surface area contributed by atoms with Crippen molar-refractivity contribution in [1.82, 2.24) is 0 Å². The molecule has 0 fully saturated rings. The lowest BCUT2D eigenvalue weighted by Gasteiger charge is -2.34. The van der Waals surface area contributed by atoms with Crippen LogP contribution in [0.5, 0.6) is 0 Å². The first-order chi connectivity index (χ1) is 15.9. The van der Waals surface area contributed by atoms with Gasteiger partial charge in [0.2, 0.25) is 5.91 Å². The highest BCUT2D eigenvalue weighted by Gasteiger charge is 2.41. The highest BCUT2D eigenvalue weighted by atomic mass is 19.1. The molecule has 4 nitrogen and oxygen atoms in total. The minimum absolute atomic E-state index is 0.0679. The van der Waals surface area contributed by atoms with Gasteiger partial charge >= 0.3 is 0 Å². The maximum atomic E-state index is 14.6. The number of nitrogens with zero attached hydrogens (tertiary/aromatic N) is 1. The number of Topliss-reactive ketones (excluding diaryl/α,β-unsaturated/α-hetero) is 1. The van der Waals surface area contributed by atoms with Crippen molar-refractivity contribution in [3.05, 3.63) is 107 Å². The second-order valence-electron chi connectivity index (χ2n) is 8.79. The van der Waals surface area contributed by atoms with E-state index in [1.54, 1.807) is 23.1 Å². The van der Waals surface area contributed by atoms with E-state index in [1.165, 1.54) is 13.0 Å². The number of hydrogen-bond acceptors (Lipinski definition) is 3. The van der Waals surface area contributed by atoms with Crippen LogP contribution >= 0.6 is 0 Å². The fraction of sp³-hybridized carbons (Fsp3) is 0.214. The van der Waals surface area contributed by atoms with Crippen LogP contribution < -0.4 is 10.2 Å². The van der Waals surface area contributed by atoms with Gasteiger partial charge in [-0.15, -0.1) is 0 Å². The monoisotopic (exact) mass is 440 g/mol. The highest BCUT2D eigenvalue weighted by molar-refractivity contribution is 6.06. The van der Waals surface area contributed by atoms with Crippen LogP contribution in [-0.4, -0.2) is 11.7 Å². The van der Waals surface area contributed by atoms with Gasteiger partial charge in [-0.3, -0.25) is 14.5 Å². The molecular formula is C28H25FN2O2. The third-order valence-electron chi connectivity index (χ3n) is 6.57. The molecule has 0 bridgehead atoms. The van der Waals surface area contributed by atoms with Gasteiger partial charge in [-0.05, 0) is 48.6 Å². The van der Waals surface area contributed by atoms with Crippen LogP contribution in [0.1, 0.15) is 48.4 Å². The van der Waals surface area contributed by atoms with Crippen molar-refractivity contribution in [2.45, 2.75) is 38.6 Å². The summed E-state index contributed by atoms with van der Waals surface area (Å²) in [6, 6.07) is 21.6. The summed E-state index contributed by atoms with van der Waals surface area (Å²) in [5.41, 5.74) is 5.34. The Morgan fingerprint density at radius 2 is 1.67 bits per heavy atom. The van der Waals surface area contributed by atoms with E-state index in [0.717, 1.165) is 28.2 Å². The molecule has 0 saturated heterocycles. The number of carbonyl (C=O) groups is 2. The number of amides is 1. The topological polar surface area (TPSA) is 49.4 Å². The molecular weight excluding hydrogens is 415 g/mol. The molecule has 1 aliphatic heterocycles. The number of aryl methyl sites for hydroxylation is 1. The first-order valence-electron chi connectivity index (χ1n) is 11.2. The second kappa shape index (κ2) is 8.32. The predicted molar refractivity (Wildman–Crippen MR) is 128 cm³/mol. The summed E-state index contributed by atoms with van der Waals surface area (Å²) in [6.07, 6.45) is 0.691. The van der Waals surface area contributed by atoms with E-state index < -0.39 is 6.04 Å². The van der Waals surface area contributed by atoms with E-state index in [9.17, 15) is 14.0 Å². The zero-order chi connectivity index (χ0) is 23.1. The van der Waals surface area contributed by atoms with Crippen molar-refractivity contribution in [1.29, 1.82) is 0 Å². The molecule has 1 amide bonds. The number of rotatable bonds is 2. The predicted octanol–water partition coefficient (Wildman–Crippen LogP) is 6.05. The lowest BCUT2D eigenvalue weighted by molar-refractivity contribution is -0.117. The summed E-state index contributed by atoms with van der Waals surface area (Å²) in [5, 5.41) is 3.45. The van der Waals surface area contributed by atoms with Crippen LogP contribution in [0.3, 0.4) is 0 Å². The van der Waals surface area contributed by atoms with Gasteiger partial charge in [0.1, 0.15) is 5.82 Å². The quantitative estimate of drug-likeness (QED) is 0.527. The van der Waals surface area contributed by atoms with E-state index in [4.69, 9.17) is 0 Å². The minimum Gasteiger partial charge on any atom is -0.357 e. The lowest BCUT2D eigenvalue weighted by atomic mass is 9.78. The van der Waals surface area contributed by atoms with Gasteiger partial charge in [-0.25, -0.2) is 4.39 Å². The number of nitrogens with one attached hydrogen (secondary N) is 1. The first kappa shape index (κ1) is 21.1. The third-order valence-corrected chi connectivity index (χ3v) is 6.57. The van der Waals surface area contributed by atoms with Gasteiger partial charge in [0.05, 0.1) is 17.4 Å². The maximum Gasteiger partial charge on any atom is 0.224 e. The molecule has 0 radical (unpaired) electrons. The number of benzene rings is 3. The molecule has 0 spiro atoms. The number of halogens is 1. The Morgan fingerprint density at radius 1 is 0.970 bits per heavy atom. The van der Waals surface area contributed by atoms with E-state index >= 15 is 0 Å². The van der Waals surface area contributed by atoms with Gasteiger partial charge in [0.25, 0.3) is 0 Å². The average molecular weight is 441 g/mol. The van der Waals surface area contributed by atoms with Crippen LogP contribution in [0.25, 0.3) is 0 Å². The Balaban J connectivity index is 1.71. The molecule has 33 heavy (non-hydrogen) atoms. The van der Waals surface area contributed by atoms with Gasteiger partial charge < -0.3 is 5.32 Å². The lowest BCUT2D eigenvalue weighted by Crippen LogP contribution is -2.37. The average Bonchev–Trinajstić information content (AvgIpc) is 2.94. The molecule has 2 atom stereocenters. The Labute approximate surface area is 192 Å². The summed E-state index contributed by atoms with van der Waals surface area (Å²) in [7, 11) is 0. The molecule has 1 aliphatic carbocycles. The minimum atomic E-state index is -0.552. The Morgan fingerprint density at radius 3 is 2.39 bits per heavy atom. The third kappa shape index (κ3) is 3.74. The maximum absolute atomic E-state index is 14.6. The number of fused-ring (bicyclic) bond motifs is 1. The normalized spacial score (nSPS) is 20.0. The molecule has 0 aromatic heterocycles. The largest absolute Gasteiger partial charge is 0.357 e. The second-order valence-corrected chi connectivity index (χ2v) is 8.79. The van der Waals surface area contributed by atoms with Crippen LogP contribution in [0.2, 0.25) is 0 Å². The van der Waals surface area contributed by atoms with Gasteiger partial charge in [-0.2, -0.15) is 0 Å². The smallest absolute Gasteiger partial charge is 0.224 e. The zero-order valence-corrected chi connectivity index (χ0v) is 18.6. The summed E-state index contributed by atoms with van der Waals surface area (Å²) in [5.74, 6) is -0.775. The van der Waals surface area contributed by atoms with Gasteiger partial charge in [0, 0.05) is 24.6 Å². The van der Waals surface area contributed by atoms with E-state index in [0.29, 0.717) is 17.6 Å². The molecule has 5 heteroatoms. The molecule has 2 aliphatic rings. The zero-order valence-electron chi connectivity index (χ0n) is 18.6. The molecule has 0 unspecified atom stereocenters. The number of para-hydroxylation sites is 2. The van der Waals surface area contributed by atoms with Gasteiger partial charge in [-0.1, -0.05) is 60.2 Å². The number of carbonyl (C=O) groups excluding carboxylic acids is 2. The van der Waals surface area contributed by atoms with E-state index in [-0.39, 0.29) is 29.8 Å². The van der Waals surface area contributed by atoms with Crippen LogP contribution in [0.4, 0.5) is 15.8 Å². The number of ketones is 1. The van der Waals surface area contributed by atoms with Crippen molar-refractivity contribution in [2.24, 2.45) is 0 Å². The molecule has 5 rings (SSSR count). The van der Waals surface area contributed by atoms with E-state index in [2.05, 4.69) is 5.32 Å². The van der Waals surface area contributed by atoms with E-state index in [1.807, 2.05) is 55.5 Å². The summed E-state index contributed by atoms with van der Waals surface area (Å²) >= 11 is 0. The first-order valence-corrected chi connectivity index (χ1v) is 11.2. The Hall–Kier alpha value is -3.73. The van der Waals surface area contributed by atoms with Crippen LogP contribution in [0, 0.1) is 12.7 Å². The van der Waals surface area contributed by atoms with Crippen molar-refractivity contribution in [3.63, 3.8) is 0 Å². The van der Waals surface area contributed by atoms with Crippen LogP contribution in [0.15, 0.2) is 84.1 Å². The molecule has 3 aromatic carbocycles. The van der Waals surface area contributed by atoms with Crippen molar-refractivity contribution in [3.8, 4) is 0 Å². The summed E-state index contributed by atoms with van der Waals surface area (Å²) in [6.45, 7) is 3.53. The van der Waals surface area contributed by atoms with Gasteiger partial charge in [0.15, 0.2) is 5.78 Å². The van der Waals surface area contributed by atoms with Crippen molar-refractivity contribution >= 4 is 23.1 Å².